The van der Waals surface area contributed by atoms with Gasteiger partial charge in [-0.25, -0.2) is 0 Å². The second-order valence-corrected chi connectivity index (χ2v) is 2.41. The average Bonchev–Trinajstić information content (AvgIpc) is 2.19. The fraction of sp³-hybridized carbons (Fsp3) is 0.500. The summed E-state index contributed by atoms with van der Waals surface area (Å²) in [6.45, 7) is 1.39. The molecule has 2 N–H and O–H groups in total. The van der Waals surface area contributed by atoms with E-state index in [4.69, 9.17) is 15.2 Å². The van der Waals surface area contributed by atoms with Gasteiger partial charge in [-0.15, -0.1) is 5.10 Å². The molecular weight excluding hydrogens is 170 g/mol. The molecule has 5 nitrogen and oxygen atoms in total. The minimum atomic E-state index is 0.401. The van der Waals surface area contributed by atoms with E-state index in [1.54, 1.807) is 19.4 Å². The van der Waals surface area contributed by atoms with Crippen LogP contribution in [-0.4, -0.2) is 30.5 Å². The Hall–Kier alpha value is -1.20. The van der Waals surface area contributed by atoms with Crippen molar-refractivity contribution >= 4 is 0 Å². The van der Waals surface area contributed by atoms with Gasteiger partial charge in [0.05, 0.1) is 12.8 Å². The maximum atomic E-state index is 5.48. The Morgan fingerprint density at radius 1 is 1.46 bits per heavy atom. The summed E-state index contributed by atoms with van der Waals surface area (Å²) in [5.74, 6) is 0.488. The van der Waals surface area contributed by atoms with Crippen LogP contribution in [0.3, 0.4) is 0 Å². The first-order chi connectivity index (χ1) is 6.38. The lowest BCUT2D eigenvalue weighted by Crippen LogP contribution is -2.09. The van der Waals surface area contributed by atoms with Crippen molar-refractivity contribution in [3.8, 4) is 5.88 Å². The van der Waals surface area contributed by atoms with E-state index in [0.29, 0.717) is 25.6 Å². The van der Waals surface area contributed by atoms with Crippen LogP contribution in [0.15, 0.2) is 12.3 Å². The lowest BCUT2D eigenvalue weighted by molar-refractivity contribution is 0.142. The number of rotatable bonds is 5. The molecule has 5 heteroatoms. The summed E-state index contributed by atoms with van der Waals surface area (Å²) >= 11 is 0. The average molecular weight is 183 g/mol. The molecular formula is C8H13N3O2. The normalized spacial score (nSPS) is 10.0. The van der Waals surface area contributed by atoms with Crippen molar-refractivity contribution in [1.82, 2.24) is 10.2 Å². The second-order valence-electron chi connectivity index (χ2n) is 2.41. The molecule has 0 aromatic carbocycles. The minimum Gasteiger partial charge on any atom is -0.474 e. The quantitative estimate of drug-likeness (QED) is 0.648. The first kappa shape index (κ1) is 9.88. The third-order valence-corrected chi connectivity index (χ3v) is 1.51. The zero-order valence-electron chi connectivity index (χ0n) is 7.56. The van der Waals surface area contributed by atoms with E-state index < -0.39 is 0 Å². The molecule has 0 aliphatic heterocycles. The predicted molar refractivity (Wildman–Crippen MR) is 47.3 cm³/mol. The Morgan fingerprint density at radius 2 is 2.31 bits per heavy atom. The lowest BCUT2D eigenvalue weighted by Gasteiger charge is -2.06. The first-order valence-electron chi connectivity index (χ1n) is 4.01. The summed E-state index contributed by atoms with van der Waals surface area (Å²) in [6.07, 6.45) is 1.59. The van der Waals surface area contributed by atoms with E-state index in [1.165, 1.54) is 0 Å². The molecule has 1 aromatic heterocycles. The highest BCUT2D eigenvalue weighted by atomic mass is 16.5. The van der Waals surface area contributed by atoms with Gasteiger partial charge < -0.3 is 15.2 Å². The molecule has 0 spiro atoms. The van der Waals surface area contributed by atoms with Crippen molar-refractivity contribution in [1.29, 1.82) is 0 Å². The fourth-order valence-electron chi connectivity index (χ4n) is 0.843. The molecule has 0 bridgehead atoms. The summed E-state index contributed by atoms with van der Waals surface area (Å²) in [6, 6.07) is 1.79. The number of hydrogen-bond donors (Lipinski definition) is 1. The number of methoxy groups -OCH3 is 1. The van der Waals surface area contributed by atoms with Gasteiger partial charge in [0.25, 0.3) is 0 Å². The maximum Gasteiger partial charge on any atom is 0.238 e. The largest absolute Gasteiger partial charge is 0.474 e. The van der Waals surface area contributed by atoms with Crippen LogP contribution in [0.4, 0.5) is 0 Å². The van der Waals surface area contributed by atoms with Crippen molar-refractivity contribution < 1.29 is 9.47 Å². The first-order valence-corrected chi connectivity index (χ1v) is 4.01. The van der Waals surface area contributed by atoms with Gasteiger partial charge in [-0.05, 0) is 6.07 Å². The number of aromatic nitrogens is 2. The summed E-state index contributed by atoms with van der Waals surface area (Å²) in [7, 11) is 1.61. The van der Waals surface area contributed by atoms with Gasteiger partial charge in [0, 0.05) is 19.2 Å². The number of ether oxygens (including phenoxy) is 2. The standard InChI is InChI=1S/C8H13N3O2/c1-12-4-5-13-8-7(6-9)2-3-10-11-8/h2-3H,4-6,9H2,1H3. The van der Waals surface area contributed by atoms with Crippen LogP contribution < -0.4 is 10.5 Å². The van der Waals surface area contributed by atoms with Gasteiger partial charge >= 0.3 is 0 Å². The van der Waals surface area contributed by atoms with Crippen molar-refractivity contribution in [3.63, 3.8) is 0 Å². The summed E-state index contributed by atoms with van der Waals surface area (Å²) in [5.41, 5.74) is 6.33. The predicted octanol–water partition coefficient (Wildman–Crippen LogP) is -0.0395. The Kier molecular flexibility index (Phi) is 4.14. The summed E-state index contributed by atoms with van der Waals surface area (Å²) in [5, 5.41) is 7.51. The summed E-state index contributed by atoms with van der Waals surface area (Å²) < 4.78 is 10.1. The highest BCUT2D eigenvalue weighted by molar-refractivity contribution is 5.22. The molecule has 1 aromatic rings. The molecule has 13 heavy (non-hydrogen) atoms. The number of nitrogens with two attached hydrogens (primary N) is 1. The molecule has 0 radical (unpaired) electrons. The molecule has 0 amide bonds. The van der Waals surface area contributed by atoms with Crippen molar-refractivity contribution in [2.75, 3.05) is 20.3 Å². The molecule has 0 saturated heterocycles. The maximum absolute atomic E-state index is 5.48. The molecule has 0 saturated carbocycles. The van der Waals surface area contributed by atoms with E-state index in [2.05, 4.69) is 10.2 Å². The van der Waals surface area contributed by atoms with E-state index in [-0.39, 0.29) is 0 Å². The highest BCUT2D eigenvalue weighted by Gasteiger charge is 2.02. The smallest absolute Gasteiger partial charge is 0.238 e. The molecule has 0 atom stereocenters. The lowest BCUT2D eigenvalue weighted by atomic mass is 10.3. The van der Waals surface area contributed by atoms with Crippen LogP contribution in [0, 0.1) is 0 Å². The Labute approximate surface area is 76.9 Å². The van der Waals surface area contributed by atoms with E-state index in [0.717, 1.165) is 5.56 Å². The monoisotopic (exact) mass is 183 g/mol. The van der Waals surface area contributed by atoms with Crippen LogP contribution >= 0.6 is 0 Å². The SMILES string of the molecule is COCCOc1nnccc1CN. The zero-order chi connectivity index (χ0) is 9.52. The molecule has 1 heterocycles. The molecule has 0 aliphatic rings. The third-order valence-electron chi connectivity index (χ3n) is 1.51. The van der Waals surface area contributed by atoms with Gasteiger partial charge in [0.15, 0.2) is 0 Å². The van der Waals surface area contributed by atoms with Gasteiger partial charge in [0.1, 0.15) is 6.61 Å². The van der Waals surface area contributed by atoms with E-state index in [9.17, 15) is 0 Å². The summed E-state index contributed by atoms with van der Waals surface area (Å²) in [4.78, 5) is 0. The van der Waals surface area contributed by atoms with Gasteiger partial charge in [0.2, 0.25) is 5.88 Å². The number of hydrogen-bond acceptors (Lipinski definition) is 5. The van der Waals surface area contributed by atoms with Crippen molar-refractivity contribution in [2.45, 2.75) is 6.54 Å². The van der Waals surface area contributed by atoms with Gasteiger partial charge in [-0.1, -0.05) is 0 Å². The third kappa shape index (κ3) is 2.96. The van der Waals surface area contributed by atoms with Crippen LogP contribution in [-0.2, 0) is 11.3 Å². The number of nitrogens with zero attached hydrogens (tertiary/aromatic N) is 2. The van der Waals surface area contributed by atoms with E-state index in [1.807, 2.05) is 0 Å². The zero-order valence-corrected chi connectivity index (χ0v) is 7.56. The van der Waals surface area contributed by atoms with Crippen LogP contribution in [0.5, 0.6) is 5.88 Å². The Balaban J connectivity index is 2.54. The highest BCUT2D eigenvalue weighted by Crippen LogP contribution is 2.11. The molecule has 0 unspecified atom stereocenters. The van der Waals surface area contributed by atoms with Crippen molar-refractivity contribution in [3.05, 3.63) is 17.8 Å². The fourth-order valence-corrected chi connectivity index (χ4v) is 0.843. The molecule has 72 valence electrons. The molecule has 0 aliphatic carbocycles. The van der Waals surface area contributed by atoms with Gasteiger partial charge in [-0.2, -0.15) is 5.10 Å². The molecule has 0 fully saturated rings. The second kappa shape index (κ2) is 5.45. The Morgan fingerprint density at radius 3 is 3.00 bits per heavy atom. The Bertz CT molecular complexity index is 255. The van der Waals surface area contributed by atoms with Gasteiger partial charge in [-0.3, -0.25) is 0 Å². The minimum absolute atomic E-state index is 0.401. The van der Waals surface area contributed by atoms with Crippen LogP contribution in [0.1, 0.15) is 5.56 Å². The topological polar surface area (TPSA) is 70.3 Å². The van der Waals surface area contributed by atoms with Crippen molar-refractivity contribution in [2.24, 2.45) is 5.73 Å². The molecule has 1 rings (SSSR count). The van der Waals surface area contributed by atoms with E-state index >= 15 is 0 Å². The van der Waals surface area contributed by atoms with Crippen LogP contribution in [0.25, 0.3) is 0 Å². The van der Waals surface area contributed by atoms with Crippen LogP contribution in [0.2, 0.25) is 0 Å².